The van der Waals surface area contributed by atoms with Crippen LogP contribution in [-0.4, -0.2) is 23.6 Å². The molecule has 0 bridgehead atoms. The summed E-state index contributed by atoms with van der Waals surface area (Å²) in [5.74, 6) is 2.60. The van der Waals surface area contributed by atoms with Gasteiger partial charge in [0.25, 0.3) is 0 Å². The van der Waals surface area contributed by atoms with Crippen LogP contribution in [0, 0.1) is 0 Å². The third-order valence-corrected chi connectivity index (χ3v) is 3.83. The molecule has 3 rings (SSSR count). The summed E-state index contributed by atoms with van der Waals surface area (Å²) >= 11 is 1.83. The van der Waals surface area contributed by atoms with Gasteiger partial charge in [-0.2, -0.15) is 11.8 Å². The van der Waals surface area contributed by atoms with Crippen LogP contribution in [-0.2, 0) is 0 Å². The van der Waals surface area contributed by atoms with Gasteiger partial charge < -0.3 is 9.15 Å². The molecule has 0 aliphatic carbocycles. The van der Waals surface area contributed by atoms with Gasteiger partial charge in [0.05, 0.1) is 6.61 Å². The predicted octanol–water partition coefficient (Wildman–Crippen LogP) is 4.63. The summed E-state index contributed by atoms with van der Waals surface area (Å²) in [6.45, 7) is 0.734. The van der Waals surface area contributed by atoms with E-state index in [1.165, 1.54) is 0 Å². The molecule has 2 aromatic carbocycles. The molecule has 0 aliphatic rings. The number of para-hydroxylation sites is 2. The van der Waals surface area contributed by atoms with Crippen molar-refractivity contribution < 1.29 is 9.15 Å². The molecule has 0 saturated carbocycles. The van der Waals surface area contributed by atoms with E-state index in [2.05, 4.69) is 11.2 Å². The van der Waals surface area contributed by atoms with E-state index in [0.717, 1.165) is 41.2 Å². The maximum absolute atomic E-state index is 5.78. The first kappa shape index (κ1) is 14.0. The summed E-state index contributed by atoms with van der Waals surface area (Å²) in [6.07, 6.45) is 3.15. The molecule has 0 amide bonds. The summed E-state index contributed by atoms with van der Waals surface area (Å²) in [7, 11) is 0. The second-order valence-corrected chi connectivity index (χ2v) is 5.69. The van der Waals surface area contributed by atoms with Crippen molar-refractivity contribution in [2.45, 2.75) is 6.42 Å². The first-order chi connectivity index (χ1) is 10.4. The van der Waals surface area contributed by atoms with Gasteiger partial charge in [-0.15, -0.1) is 0 Å². The molecular formula is C17H17NO2S. The molecule has 0 unspecified atom stereocenters. The quantitative estimate of drug-likeness (QED) is 0.622. The molecule has 0 aliphatic heterocycles. The number of thioether (sulfide) groups is 1. The molecule has 1 aromatic heterocycles. The van der Waals surface area contributed by atoms with Crippen molar-refractivity contribution in [3.05, 3.63) is 48.5 Å². The van der Waals surface area contributed by atoms with Crippen molar-refractivity contribution in [3.8, 4) is 17.2 Å². The molecule has 0 atom stereocenters. The van der Waals surface area contributed by atoms with Crippen LogP contribution in [0.25, 0.3) is 22.6 Å². The number of ether oxygens (including phenoxy) is 1. The van der Waals surface area contributed by atoms with Crippen LogP contribution in [0.15, 0.2) is 52.9 Å². The Kier molecular flexibility index (Phi) is 4.46. The van der Waals surface area contributed by atoms with Gasteiger partial charge in [0.1, 0.15) is 11.3 Å². The SMILES string of the molecule is CSCCCOc1cccc(-c2nc3ccccc3o2)c1. The molecule has 3 aromatic rings. The lowest BCUT2D eigenvalue weighted by Gasteiger charge is -2.06. The van der Waals surface area contributed by atoms with Crippen LogP contribution in [0.3, 0.4) is 0 Å². The monoisotopic (exact) mass is 299 g/mol. The first-order valence-corrected chi connectivity index (χ1v) is 8.34. The number of hydrogen-bond donors (Lipinski definition) is 0. The second-order valence-electron chi connectivity index (χ2n) is 4.71. The van der Waals surface area contributed by atoms with Crippen molar-refractivity contribution in [2.24, 2.45) is 0 Å². The number of oxazole rings is 1. The molecule has 21 heavy (non-hydrogen) atoms. The van der Waals surface area contributed by atoms with Gasteiger partial charge in [-0.25, -0.2) is 4.98 Å². The van der Waals surface area contributed by atoms with E-state index < -0.39 is 0 Å². The fraction of sp³-hybridized carbons (Fsp3) is 0.235. The Labute approximate surface area is 128 Å². The second kappa shape index (κ2) is 6.68. The molecule has 0 fully saturated rings. The number of nitrogens with zero attached hydrogens (tertiary/aromatic N) is 1. The van der Waals surface area contributed by atoms with Crippen LogP contribution < -0.4 is 4.74 Å². The minimum absolute atomic E-state index is 0.630. The lowest BCUT2D eigenvalue weighted by molar-refractivity contribution is 0.319. The van der Waals surface area contributed by atoms with Crippen molar-refractivity contribution in [2.75, 3.05) is 18.6 Å². The molecule has 3 nitrogen and oxygen atoms in total. The molecule has 108 valence electrons. The summed E-state index contributed by atoms with van der Waals surface area (Å²) in [5, 5.41) is 0. The average molecular weight is 299 g/mol. The van der Waals surface area contributed by atoms with E-state index in [1.54, 1.807) is 0 Å². The van der Waals surface area contributed by atoms with Crippen molar-refractivity contribution in [1.29, 1.82) is 0 Å². The Balaban J connectivity index is 1.78. The molecule has 1 heterocycles. The fourth-order valence-electron chi connectivity index (χ4n) is 2.11. The minimum Gasteiger partial charge on any atom is -0.494 e. The van der Waals surface area contributed by atoms with Crippen LogP contribution in [0.4, 0.5) is 0 Å². The highest BCUT2D eigenvalue weighted by Crippen LogP contribution is 2.26. The van der Waals surface area contributed by atoms with Gasteiger partial charge in [-0.1, -0.05) is 18.2 Å². The van der Waals surface area contributed by atoms with Crippen molar-refractivity contribution in [1.82, 2.24) is 4.98 Å². The lowest BCUT2D eigenvalue weighted by atomic mass is 10.2. The Morgan fingerprint density at radius 1 is 1.14 bits per heavy atom. The Hall–Kier alpha value is -1.94. The normalized spacial score (nSPS) is 10.9. The number of fused-ring (bicyclic) bond motifs is 1. The largest absolute Gasteiger partial charge is 0.494 e. The van der Waals surface area contributed by atoms with Gasteiger partial charge in [0, 0.05) is 5.56 Å². The van der Waals surface area contributed by atoms with Gasteiger partial charge >= 0.3 is 0 Å². The Morgan fingerprint density at radius 2 is 2.05 bits per heavy atom. The van der Waals surface area contributed by atoms with Gasteiger partial charge in [-0.05, 0) is 48.8 Å². The first-order valence-electron chi connectivity index (χ1n) is 6.94. The molecular weight excluding hydrogens is 282 g/mol. The fourth-order valence-corrected chi connectivity index (χ4v) is 2.51. The average Bonchev–Trinajstić information content (AvgIpc) is 2.96. The maximum atomic E-state index is 5.78. The lowest BCUT2D eigenvalue weighted by Crippen LogP contribution is -1.98. The number of hydrogen-bond acceptors (Lipinski definition) is 4. The number of aromatic nitrogens is 1. The van der Waals surface area contributed by atoms with E-state index in [9.17, 15) is 0 Å². The summed E-state index contributed by atoms with van der Waals surface area (Å²) in [5.41, 5.74) is 2.62. The molecule has 0 saturated heterocycles. The molecule has 0 N–H and O–H groups in total. The van der Waals surface area contributed by atoms with Gasteiger partial charge in [0.2, 0.25) is 5.89 Å². The van der Waals surface area contributed by atoms with E-state index >= 15 is 0 Å². The van der Waals surface area contributed by atoms with Crippen LogP contribution in [0.2, 0.25) is 0 Å². The third kappa shape index (κ3) is 3.39. The van der Waals surface area contributed by atoms with Crippen LogP contribution >= 0.6 is 11.8 Å². The highest BCUT2D eigenvalue weighted by Gasteiger charge is 2.08. The molecule has 4 heteroatoms. The molecule has 0 radical (unpaired) electrons. The topological polar surface area (TPSA) is 35.3 Å². The molecule has 0 spiro atoms. The zero-order valence-electron chi connectivity index (χ0n) is 11.9. The highest BCUT2D eigenvalue weighted by molar-refractivity contribution is 7.98. The van der Waals surface area contributed by atoms with E-state index in [-0.39, 0.29) is 0 Å². The van der Waals surface area contributed by atoms with Crippen molar-refractivity contribution in [3.63, 3.8) is 0 Å². The summed E-state index contributed by atoms with van der Waals surface area (Å²) in [4.78, 5) is 4.51. The van der Waals surface area contributed by atoms with Crippen LogP contribution in [0.5, 0.6) is 5.75 Å². The smallest absolute Gasteiger partial charge is 0.227 e. The van der Waals surface area contributed by atoms with E-state index in [0.29, 0.717) is 5.89 Å². The summed E-state index contributed by atoms with van der Waals surface area (Å²) < 4.78 is 11.5. The highest BCUT2D eigenvalue weighted by atomic mass is 32.2. The summed E-state index contributed by atoms with van der Waals surface area (Å²) in [6, 6.07) is 15.7. The zero-order chi connectivity index (χ0) is 14.5. The minimum atomic E-state index is 0.630. The zero-order valence-corrected chi connectivity index (χ0v) is 12.7. The predicted molar refractivity (Wildman–Crippen MR) is 87.9 cm³/mol. The Morgan fingerprint density at radius 3 is 2.90 bits per heavy atom. The maximum Gasteiger partial charge on any atom is 0.227 e. The van der Waals surface area contributed by atoms with Crippen molar-refractivity contribution >= 4 is 22.9 Å². The number of rotatable bonds is 6. The van der Waals surface area contributed by atoms with E-state index in [4.69, 9.17) is 9.15 Å². The van der Waals surface area contributed by atoms with Crippen LogP contribution in [0.1, 0.15) is 6.42 Å². The third-order valence-electron chi connectivity index (χ3n) is 3.14. The van der Waals surface area contributed by atoms with Gasteiger partial charge in [-0.3, -0.25) is 0 Å². The Bertz CT molecular complexity index is 690. The standard InChI is InChI=1S/C17H17NO2S/c1-21-11-5-10-19-14-7-4-6-13(12-14)17-18-15-8-2-3-9-16(15)20-17/h2-4,6-9,12H,5,10-11H2,1H3. The number of benzene rings is 2. The van der Waals surface area contributed by atoms with Gasteiger partial charge in [0.15, 0.2) is 5.58 Å². The van der Waals surface area contributed by atoms with E-state index in [1.807, 2.05) is 60.3 Å².